The minimum Gasteiger partial charge on any atom is -0.493 e. The van der Waals surface area contributed by atoms with Crippen molar-refractivity contribution < 1.29 is 28.2 Å². The fourth-order valence-corrected chi connectivity index (χ4v) is 3.16. The van der Waals surface area contributed by atoms with E-state index in [1.807, 2.05) is 20.8 Å². The summed E-state index contributed by atoms with van der Waals surface area (Å²) < 4.78 is 29.6. The molecule has 0 radical (unpaired) electrons. The number of carbonyl (C=O) groups is 2. The molecule has 1 aliphatic heterocycles. The number of likely N-dealkylation sites (tertiary alicyclic amines) is 1. The first-order valence-electron chi connectivity index (χ1n) is 9.43. The smallest absolute Gasteiger partial charge is 0.410 e. The van der Waals surface area contributed by atoms with Crippen LogP contribution in [0.4, 0.5) is 9.18 Å². The third-order valence-corrected chi connectivity index (χ3v) is 4.76. The minimum absolute atomic E-state index is 0.0418. The van der Waals surface area contributed by atoms with E-state index in [2.05, 4.69) is 5.32 Å². The van der Waals surface area contributed by atoms with Crippen molar-refractivity contribution in [3.05, 3.63) is 24.0 Å². The molecule has 1 saturated carbocycles. The lowest BCUT2D eigenvalue weighted by Crippen LogP contribution is -2.62. The van der Waals surface area contributed by atoms with Crippen LogP contribution in [0.15, 0.2) is 18.2 Å². The molecule has 1 heterocycles. The van der Waals surface area contributed by atoms with Gasteiger partial charge in [0.25, 0.3) is 0 Å². The number of hydrogen-bond donors (Lipinski definition) is 1. The van der Waals surface area contributed by atoms with Gasteiger partial charge in [-0.15, -0.1) is 0 Å². The lowest BCUT2D eigenvalue weighted by atomic mass is 9.81. The molecule has 1 saturated heterocycles. The zero-order valence-electron chi connectivity index (χ0n) is 16.7. The summed E-state index contributed by atoms with van der Waals surface area (Å²) in [6.07, 6.45) is 0.618. The lowest BCUT2D eigenvalue weighted by molar-refractivity contribution is -0.132. The molecule has 0 spiro atoms. The van der Waals surface area contributed by atoms with Gasteiger partial charge in [-0.2, -0.15) is 0 Å². The summed E-state index contributed by atoms with van der Waals surface area (Å²) in [6, 6.07) is 4.05. The Labute approximate surface area is 164 Å². The number of carbonyl (C=O) groups excluding carboxylic acids is 2. The molecule has 1 aromatic carbocycles. The number of hydrogen-bond acceptors (Lipinski definition) is 5. The average molecular weight is 394 g/mol. The third kappa shape index (κ3) is 4.85. The molecular formula is C20H27FN2O5. The van der Waals surface area contributed by atoms with Crippen LogP contribution < -0.4 is 14.8 Å². The predicted octanol–water partition coefficient (Wildman–Crippen LogP) is 2.73. The number of rotatable bonds is 5. The van der Waals surface area contributed by atoms with Crippen LogP contribution in [0, 0.1) is 11.7 Å². The largest absolute Gasteiger partial charge is 0.493 e. The van der Waals surface area contributed by atoms with E-state index in [4.69, 9.17) is 14.2 Å². The Kier molecular flexibility index (Phi) is 5.67. The number of benzene rings is 1. The summed E-state index contributed by atoms with van der Waals surface area (Å²) in [4.78, 5) is 25.8. The predicted molar refractivity (Wildman–Crippen MR) is 99.8 cm³/mol. The van der Waals surface area contributed by atoms with Crippen molar-refractivity contribution in [3.8, 4) is 11.5 Å². The number of nitrogens with zero attached hydrogens (tertiary/aromatic N) is 1. The number of nitrogens with one attached hydrogen (secondary N) is 1. The van der Waals surface area contributed by atoms with Crippen molar-refractivity contribution in [2.45, 2.75) is 51.4 Å². The average Bonchev–Trinajstić information content (AvgIpc) is 2.51. The topological polar surface area (TPSA) is 77.1 Å². The highest BCUT2D eigenvalue weighted by Crippen LogP contribution is 2.36. The van der Waals surface area contributed by atoms with Gasteiger partial charge in [-0.25, -0.2) is 9.18 Å². The highest BCUT2D eigenvalue weighted by Gasteiger charge is 2.40. The van der Waals surface area contributed by atoms with Crippen molar-refractivity contribution in [2.24, 2.45) is 5.92 Å². The Bertz CT molecular complexity index is 737. The van der Waals surface area contributed by atoms with Crippen LogP contribution in [-0.2, 0) is 9.53 Å². The Balaban J connectivity index is 1.38. The molecule has 0 atom stereocenters. The van der Waals surface area contributed by atoms with Gasteiger partial charge in [0, 0.05) is 25.1 Å². The first-order valence-corrected chi connectivity index (χ1v) is 9.43. The molecule has 28 heavy (non-hydrogen) atoms. The minimum atomic E-state index is -0.531. The van der Waals surface area contributed by atoms with Gasteiger partial charge in [0.1, 0.15) is 17.5 Å². The Morgan fingerprint density at radius 1 is 1.18 bits per heavy atom. The van der Waals surface area contributed by atoms with Gasteiger partial charge in [-0.3, -0.25) is 4.79 Å². The van der Waals surface area contributed by atoms with E-state index in [0.29, 0.717) is 37.4 Å². The van der Waals surface area contributed by atoms with E-state index >= 15 is 0 Å². The molecule has 0 aromatic heterocycles. The van der Waals surface area contributed by atoms with Crippen LogP contribution in [0.1, 0.15) is 33.6 Å². The number of ether oxygens (including phenoxy) is 3. The molecule has 2 amide bonds. The van der Waals surface area contributed by atoms with E-state index < -0.39 is 11.4 Å². The summed E-state index contributed by atoms with van der Waals surface area (Å²) in [5.41, 5.74) is -0.531. The highest BCUT2D eigenvalue weighted by molar-refractivity contribution is 5.80. The van der Waals surface area contributed by atoms with Crippen molar-refractivity contribution in [2.75, 3.05) is 20.2 Å². The number of amides is 2. The second-order valence-electron chi connectivity index (χ2n) is 8.29. The lowest BCUT2D eigenvalue weighted by Gasteiger charge is -2.41. The van der Waals surface area contributed by atoms with Crippen LogP contribution in [0.2, 0.25) is 0 Å². The van der Waals surface area contributed by atoms with Gasteiger partial charge in [0.05, 0.1) is 13.2 Å². The van der Waals surface area contributed by atoms with Gasteiger partial charge < -0.3 is 24.4 Å². The Morgan fingerprint density at radius 3 is 2.46 bits per heavy atom. The van der Waals surface area contributed by atoms with Crippen molar-refractivity contribution in [1.82, 2.24) is 10.2 Å². The van der Waals surface area contributed by atoms with Crippen LogP contribution in [0.5, 0.6) is 11.5 Å². The SMILES string of the molecule is COc1ccc(F)cc1O[C@H]1C[C@H](C(=O)NC2CN(C(=O)OC(C)(C)C)C2)C1. The van der Waals surface area contributed by atoms with E-state index in [1.165, 1.54) is 25.3 Å². The fraction of sp³-hybridized carbons (Fsp3) is 0.600. The van der Waals surface area contributed by atoms with Crippen LogP contribution >= 0.6 is 0 Å². The van der Waals surface area contributed by atoms with E-state index in [1.54, 1.807) is 4.90 Å². The van der Waals surface area contributed by atoms with Gasteiger partial charge in [-0.05, 0) is 45.7 Å². The molecule has 1 aromatic rings. The Hall–Kier alpha value is -2.51. The normalized spacial score (nSPS) is 22.0. The number of halogens is 1. The molecule has 2 aliphatic rings. The maximum atomic E-state index is 13.4. The fourth-order valence-electron chi connectivity index (χ4n) is 3.16. The van der Waals surface area contributed by atoms with Crippen molar-refractivity contribution in [1.29, 1.82) is 0 Å². The van der Waals surface area contributed by atoms with Gasteiger partial charge in [-0.1, -0.05) is 0 Å². The maximum absolute atomic E-state index is 13.4. The molecule has 154 valence electrons. The van der Waals surface area contributed by atoms with Crippen LogP contribution in [-0.4, -0.2) is 54.8 Å². The second-order valence-corrected chi connectivity index (χ2v) is 8.29. The van der Waals surface area contributed by atoms with Gasteiger partial charge >= 0.3 is 6.09 Å². The zero-order chi connectivity index (χ0) is 20.5. The molecule has 0 bridgehead atoms. The maximum Gasteiger partial charge on any atom is 0.410 e. The first-order chi connectivity index (χ1) is 13.1. The van der Waals surface area contributed by atoms with Crippen molar-refractivity contribution in [3.63, 3.8) is 0 Å². The molecule has 3 rings (SSSR count). The van der Waals surface area contributed by atoms with Gasteiger partial charge in [0.15, 0.2) is 11.5 Å². The summed E-state index contributed by atoms with van der Waals surface area (Å²) in [5, 5.41) is 2.95. The summed E-state index contributed by atoms with van der Waals surface area (Å²) in [5.74, 6) is 0.230. The summed E-state index contributed by atoms with van der Waals surface area (Å²) in [7, 11) is 1.50. The quantitative estimate of drug-likeness (QED) is 0.831. The molecule has 7 nitrogen and oxygen atoms in total. The van der Waals surface area contributed by atoms with Crippen LogP contribution in [0.25, 0.3) is 0 Å². The van der Waals surface area contributed by atoms with E-state index in [9.17, 15) is 14.0 Å². The van der Waals surface area contributed by atoms with Crippen molar-refractivity contribution >= 4 is 12.0 Å². The monoisotopic (exact) mass is 394 g/mol. The van der Waals surface area contributed by atoms with Crippen LogP contribution in [0.3, 0.4) is 0 Å². The molecule has 8 heteroatoms. The summed E-state index contributed by atoms with van der Waals surface area (Å²) in [6.45, 7) is 6.36. The molecule has 0 unspecified atom stereocenters. The van der Waals surface area contributed by atoms with E-state index in [0.717, 1.165) is 0 Å². The first kappa shape index (κ1) is 20.2. The standard InChI is InChI=1S/C20H27FN2O5/c1-20(2,3)28-19(25)23-10-14(11-23)22-18(24)12-7-15(8-12)27-17-9-13(21)5-6-16(17)26-4/h5-6,9,12,14-15H,7-8,10-11H2,1-4H3,(H,22,24)/t12-,15-. The Morgan fingerprint density at radius 2 is 1.86 bits per heavy atom. The summed E-state index contributed by atoms with van der Waals surface area (Å²) >= 11 is 0. The second kappa shape index (κ2) is 7.85. The zero-order valence-corrected chi connectivity index (χ0v) is 16.7. The van der Waals surface area contributed by atoms with Gasteiger partial charge in [0.2, 0.25) is 5.91 Å². The highest BCUT2D eigenvalue weighted by atomic mass is 19.1. The van der Waals surface area contributed by atoms with E-state index in [-0.39, 0.29) is 30.1 Å². The molecule has 2 fully saturated rings. The molecule has 1 N–H and O–H groups in total. The third-order valence-electron chi connectivity index (χ3n) is 4.76. The number of methoxy groups -OCH3 is 1. The molecular weight excluding hydrogens is 367 g/mol. The molecule has 1 aliphatic carbocycles.